The van der Waals surface area contributed by atoms with Crippen molar-refractivity contribution in [3.05, 3.63) is 48.9 Å². The second-order valence-corrected chi connectivity index (χ2v) is 9.24. The molecule has 1 aliphatic carbocycles. The average Bonchev–Trinajstić information content (AvgIpc) is 3.52. The van der Waals surface area contributed by atoms with Gasteiger partial charge in [-0.1, -0.05) is 18.2 Å². The van der Waals surface area contributed by atoms with Gasteiger partial charge in [-0.25, -0.2) is 9.97 Å². The predicted octanol–water partition coefficient (Wildman–Crippen LogP) is 4.59. The lowest BCUT2D eigenvalue weighted by atomic mass is 10.0. The number of nitrogens with zero attached hydrogens (tertiary/aromatic N) is 3. The SMILES string of the molecule is COCCOc1ncnc2c1c(-c1ccc3cc(OC4CC4)ccc3c1)cn2CC(C)(C)O. The molecule has 0 aliphatic heterocycles. The molecule has 1 saturated carbocycles. The van der Waals surface area contributed by atoms with Gasteiger partial charge < -0.3 is 23.9 Å². The summed E-state index contributed by atoms with van der Waals surface area (Å²) in [5, 5.41) is 13.5. The van der Waals surface area contributed by atoms with E-state index in [2.05, 4.69) is 40.3 Å². The Kier molecular flexibility index (Phi) is 5.68. The van der Waals surface area contributed by atoms with Crippen molar-refractivity contribution in [2.75, 3.05) is 20.3 Å². The van der Waals surface area contributed by atoms with E-state index in [0.29, 0.717) is 31.7 Å². The topological polar surface area (TPSA) is 78.6 Å². The Balaban J connectivity index is 1.59. The number of rotatable bonds is 9. The number of aromatic nitrogens is 3. The molecular weight excluding hydrogens is 418 g/mol. The van der Waals surface area contributed by atoms with E-state index in [4.69, 9.17) is 14.2 Å². The summed E-state index contributed by atoms with van der Waals surface area (Å²) in [5.74, 6) is 1.43. The van der Waals surface area contributed by atoms with Crippen molar-refractivity contribution < 1.29 is 19.3 Å². The van der Waals surface area contributed by atoms with Crippen LogP contribution in [-0.4, -0.2) is 51.7 Å². The molecule has 0 radical (unpaired) electrons. The smallest absolute Gasteiger partial charge is 0.226 e. The number of hydrogen-bond donors (Lipinski definition) is 1. The molecule has 2 heterocycles. The van der Waals surface area contributed by atoms with E-state index < -0.39 is 5.60 Å². The number of methoxy groups -OCH3 is 1. The fraction of sp³-hybridized carbons (Fsp3) is 0.385. The number of ether oxygens (including phenoxy) is 3. The van der Waals surface area contributed by atoms with Crippen molar-refractivity contribution in [3.8, 4) is 22.8 Å². The second-order valence-electron chi connectivity index (χ2n) is 9.24. The number of aliphatic hydroxyl groups is 1. The molecular formula is C26H29N3O4. The van der Waals surface area contributed by atoms with Gasteiger partial charge in [-0.3, -0.25) is 0 Å². The second kappa shape index (κ2) is 8.65. The molecule has 7 nitrogen and oxygen atoms in total. The van der Waals surface area contributed by atoms with Crippen LogP contribution in [0.25, 0.3) is 32.9 Å². The maximum Gasteiger partial charge on any atom is 0.226 e. The van der Waals surface area contributed by atoms with Crippen LogP contribution in [0, 0.1) is 0 Å². The average molecular weight is 448 g/mol. The van der Waals surface area contributed by atoms with E-state index in [1.54, 1.807) is 21.0 Å². The molecule has 0 spiro atoms. The summed E-state index contributed by atoms with van der Waals surface area (Å²) in [4.78, 5) is 8.92. The van der Waals surface area contributed by atoms with Crippen LogP contribution in [0.5, 0.6) is 11.6 Å². The third kappa shape index (κ3) is 4.79. The molecule has 1 fully saturated rings. The Morgan fingerprint density at radius 1 is 1.06 bits per heavy atom. The van der Waals surface area contributed by atoms with E-state index in [9.17, 15) is 5.11 Å². The lowest BCUT2D eigenvalue weighted by Gasteiger charge is -2.18. The summed E-state index contributed by atoms with van der Waals surface area (Å²) in [6.07, 6.45) is 6.17. The van der Waals surface area contributed by atoms with Crippen molar-refractivity contribution in [1.29, 1.82) is 0 Å². The Hall–Kier alpha value is -3.16. The number of fused-ring (bicyclic) bond motifs is 2. The zero-order valence-corrected chi connectivity index (χ0v) is 19.2. The summed E-state index contributed by atoms with van der Waals surface area (Å²) < 4.78 is 19.0. The summed E-state index contributed by atoms with van der Waals surface area (Å²) >= 11 is 0. The molecule has 0 unspecified atom stereocenters. The monoisotopic (exact) mass is 447 g/mol. The van der Waals surface area contributed by atoms with E-state index >= 15 is 0 Å². The van der Waals surface area contributed by atoms with Crippen LogP contribution in [0.2, 0.25) is 0 Å². The standard InChI is InChI=1S/C26H29N3O4/c1-26(2,30)15-29-14-22(23-24(29)27-16-28-25(23)32-11-10-31-3)19-5-4-18-13-21(33-20-8-9-20)7-6-17(18)12-19/h4-7,12-14,16,20,30H,8-11,15H2,1-3H3. The largest absolute Gasteiger partial charge is 0.490 e. The van der Waals surface area contributed by atoms with E-state index in [1.807, 2.05) is 16.8 Å². The van der Waals surface area contributed by atoms with Crippen LogP contribution in [0.4, 0.5) is 0 Å². The maximum absolute atomic E-state index is 10.5. The van der Waals surface area contributed by atoms with Gasteiger partial charge >= 0.3 is 0 Å². The maximum atomic E-state index is 10.5. The van der Waals surface area contributed by atoms with Gasteiger partial charge in [0, 0.05) is 18.9 Å². The number of hydrogen-bond acceptors (Lipinski definition) is 6. The first-order chi connectivity index (χ1) is 15.9. The van der Waals surface area contributed by atoms with Crippen molar-refractivity contribution in [3.63, 3.8) is 0 Å². The van der Waals surface area contributed by atoms with Gasteiger partial charge in [0.25, 0.3) is 0 Å². The zero-order chi connectivity index (χ0) is 23.0. The van der Waals surface area contributed by atoms with Crippen LogP contribution in [0.1, 0.15) is 26.7 Å². The minimum atomic E-state index is -0.896. The van der Waals surface area contributed by atoms with Crippen LogP contribution in [0.15, 0.2) is 48.9 Å². The molecule has 7 heteroatoms. The molecule has 2 aromatic heterocycles. The normalized spacial score (nSPS) is 14.2. The third-order valence-electron chi connectivity index (χ3n) is 5.65. The van der Waals surface area contributed by atoms with Gasteiger partial charge in [0.15, 0.2) is 0 Å². The lowest BCUT2D eigenvalue weighted by molar-refractivity contribution is 0.0627. The zero-order valence-electron chi connectivity index (χ0n) is 19.2. The highest BCUT2D eigenvalue weighted by atomic mass is 16.5. The molecule has 172 valence electrons. The van der Waals surface area contributed by atoms with E-state index in [1.165, 1.54) is 6.33 Å². The van der Waals surface area contributed by atoms with Gasteiger partial charge in [-0.05, 0) is 61.2 Å². The van der Waals surface area contributed by atoms with E-state index in [-0.39, 0.29) is 0 Å². The van der Waals surface area contributed by atoms with Crippen LogP contribution in [0.3, 0.4) is 0 Å². The first kappa shape index (κ1) is 21.7. The van der Waals surface area contributed by atoms with Crippen LogP contribution < -0.4 is 9.47 Å². The highest BCUT2D eigenvalue weighted by molar-refractivity contribution is 6.00. The van der Waals surface area contributed by atoms with Gasteiger partial charge in [0.2, 0.25) is 5.88 Å². The Morgan fingerprint density at radius 2 is 1.85 bits per heavy atom. The van der Waals surface area contributed by atoms with Crippen molar-refractivity contribution >= 4 is 21.8 Å². The molecule has 5 rings (SSSR count). The fourth-order valence-electron chi connectivity index (χ4n) is 4.03. The predicted molar refractivity (Wildman–Crippen MR) is 128 cm³/mol. The highest BCUT2D eigenvalue weighted by Crippen LogP contribution is 2.37. The van der Waals surface area contributed by atoms with Crippen LogP contribution in [-0.2, 0) is 11.3 Å². The van der Waals surface area contributed by atoms with Gasteiger partial charge in [0.05, 0.1) is 30.2 Å². The minimum Gasteiger partial charge on any atom is -0.490 e. The highest BCUT2D eigenvalue weighted by Gasteiger charge is 2.24. The minimum absolute atomic E-state index is 0.375. The third-order valence-corrected chi connectivity index (χ3v) is 5.65. The molecule has 33 heavy (non-hydrogen) atoms. The van der Waals surface area contributed by atoms with Gasteiger partial charge in [-0.15, -0.1) is 0 Å². The first-order valence-electron chi connectivity index (χ1n) is 11.3. The van der Waals surface area contributed by atoms with E-state index in [0.717, 1.165) is 51.5 Å². The van der Waals surface area contributed by atoms with Crippen molar-refractivity contribution in [1.82, 2.24) is 14.5 Å². The van der Waals surface area contributed by atoms with Crippen molar-refractivity contribution in [2.24, 2.45) is 0 Å². The molecule has 0 amide bonds. The molecule has 4 aromatic rings. The molecule has 2 aromatic carbocycles. The molecule has 0 saturated heterocycles. The molecule has 1 N–H and O–H groups in total. The molecule has 1 aliphatic rings. The van der Waals surface area contributed by atoms with Crippen LogP contribution >= 0.6 is 0 Å². The number of benzene rings is 2. The Morgan fingerprint density at radius 3 is 2.61 bits per heavy atom. The quantitative estimate of drug-likeness (QED) is 0.378. The Labute approximate surface area is 192 Å². The van der Waals surface area contributed by atoms with Gasteiger partial charge in [-0.2, -0.15) is 0 Å². The lowest BCUT2D eigenvalue weighted by Crippen LogP contribution is -2.25. The molecule has 0 atom stereocenters. The van der Waals surface area contributed by atoms with Gasteiger partial charge in [0.1, 0.15) is 24.3 Å². The summed E-state index contributed by atoms with van der Waals surface area (Å²) in [6.45, 7) is 4.82. The van der Waals surface area contributed by atoms with Crippen molar-refractivity contribution in [2.45, 2.75) is 44.9 Å². The summed E-state index contributed by atoms with van der Waals surface area (Å²) in [6, 6.07) is 12.6. The fourth-order valence-corrected chi connectivity index (χ4v) is 4.03. The molecule has 0 bridgehead atoms. The Bertz CT molecular complexity index is 1290. The first-order valence-corrected chi connectivity index (χ1v) is 11.3. The summed E-state index contributed by atoms with van der Waals surface area (Å²) in [5.41, 5.74) is 1.82. The summed E-state index contributed by atoms with van der Waals surface area (Å²) in [7, 11) is 1.64.